The van der Waals surface area contributed by atoms with Gasteiger partial charge in [0.15, 0.2) is 0 Å². The van der Waals surface area contributed by atoms with Crippen LogP contribution in [0.25, 0.3) is 22.3 Å². The van der Waals surface area contributed by atoms with Gasteiger partial charge in [-0.3, -0.25) is 0 Å². The quantitative estimate of drug-likeness (QED) is 0.669. The van der Waals surface area contributed by atoms with Gasteiger partial charge in [0, 0.05) is 12.0 Å². The van der Waals surface area contributed by atoms with Crippen molar-refractivity contribution in [2.45, 2.75) is 19.8 Å². The predicted molar refractivity (Wildman–Crippen MR) is 96.4 cm³/mol. The first kappa shape index (κ1) is 16.1. The Morgan fingerprint density at radius 1 is 0.958 bits per heavy atom. The molecule has 3 rings (SSSR count). The molecule has 0 N–H and O–H groups in total. The molecular formula is C21H20O3. The molecule has 3 nitrogen and oxygen atoms in total. The highest BCUT2D eigenvalue weighted by Gasteiger charge is 2.15. The first-order chi connectivity index (χ1) is 11.7. The molecule has 0 saturated carbocycles. The van der Waals surface area contributed by atoms with E-state index in [-0.39, 0.29) is 5.63 Å². The molecule has 3 heteroatoms. The minimum absolute atomic E-state index is 0.301. The molecule has 1 aromatic heterocycles. The van der Waals surface area contributed by atoms with Crippen molar-refractivity contribution in [3.05, 3.63) is 76.8 Å². The summed E-state index contributed by atoms with van der Waals surface area (Å²) in [5.74, 6) is 1.48. The Balaban J connectivity index is 2.21. The van der Waals surface area contributed by atoms with Crippen molar-refractivity contribution in [3.8, 4) is 28.0 Å². The van der Waals surface area contributed by atoms with Gasteiger partial charge in [-0.15, -0.1) is 0 Å². The van der Waals surface area contributed by atoms with E-state index >= 15 is 0 Å². The van der Waals surface area contributed by atoms with Crippen molar-refractivity contribution in [1.82, 2.24) is 0 Å². The molecule has 0 aliphatic rings. The maximum absolute atomic E-state index is 12.7. The molecule has 0 saturated heterocycles. The zero-order valence-electron chi connectivity index (χ0n) is 13.9. The van der Waals surface area contributed by atoms with E-state index < -0.39 is 0 Å². The van der Waals surface area contributed by atoms with Crippen LogP contribution in [0.3, 0.4) is 0 Å². The summed E-state index contributed by atoms with van der Waals surface area (Å²) in [7, 11) is 1.62. The fourth-order valence-electron chi connectivity index (χ4n) is 2.79. The minimum Gasteiger partial charge on any atom is -0.497 e. The molecule has 2 aromatic carbocycles. The van der Waals surface area contributed by atoms with Gasteiger partial charge in [-0.25, -0.2) is 4.79 Å². The molecule has 0 unspecified atom stereocenters. The molecule has 0 amide bonds. The standard InChI is InChI=1S/C21H20O3/c1-3-7-18-14-19(15-8-5-4-6-9-15)20(21(22)24-18)16-10-12-17(23-2)13-11-16/h4-6,8-14H,3,7H2,1-2H3. The van der Waals surface area contributed by atoms with Gasteiger partial charge in [0.1, 0.15) is 11.5 Å². The van der Waals surface area contributed by atoms with Crippen LogP contribution in [0.2, 0.25) is 0 Å². The van der Waals surface area contributed by atoms with E-state index in [1.165, 1.54) is 0 Å². The Labute approximate surface area is 141 Å². The molecular weight excluding hydrogens is 300 g/mol. The van der Waals surface area contributed by atoms with Gasteiger partial charge in [-0.1, -0.05) is 49.4 Å². The van der Waals surface area contributed by atoms with E-state index in [1.54, 1.807) is 7.11 Å². The molecule has 1 heterocycles. The van der Waals surface area contributed by atoms with Gasteiger partial charge in [0.25, 0.3) is 0 Å². The molecule has 122 valence electrons. The van der Waals surface area contributed by atoms with E-state index in [0.717, 1.165) is 41.0 Å². The second-order valence-electron chi connectivity index (χ2n) is 5.63. The van der Waals surface area contributed by atoms with Crippen LogP contribution in [-0.2, 0) is 6.42 Å². The highest BCUT2D eigenvalue weighted by Crippen LogP contribution is 2.31. The second-order valence-corrected chi connectivity index (χ2v) is 5.63. The summed E-state index contributed by atoms with van der Waals surface area (Å²) in [5, 5.41) is 0. The number of hydrogen-bond donors (Lipinski definition) is 0. The lowest BCUT2D eigenvalue weighted by Crippen LogP contribution is -2.07. The van der Waals surface area contributed by atoms with E-state index in [0.29, 0.717) is 5.56 Å². The average molecular weight is 320 g/mol. The van der Waals surface area contributed by atoms with Crippen molar-refractivity contribution < 1.29 is 9.15 Å². The van der Waals surface area contributed by atoms with Gasteiger partial charge in [0.2, 0.25) is 0 Å². The zero-order valence-corrected chi connectivity index (χ0v) is 13.9. The van der Waals surface area contributed by atoms with Crippen LogP contribution in [0.5, 0.6) is 5.75 Å². The van der Waals surface area contributed by atoms with Crippen LogP contribution in [0.1, 0.15) is 19.1 Å². The van der Waals surface area contributed by atoms with Gasteiger partial charge in [-0.05, 0) is 35.7 Å². The van der Waals surface area contributed by atoms with E-state index in [1.807, 2.05) is 60.7 Å². The fourth-order valence-corrected chi connectivity index (χ4v) is 2.79. The van der Waals surface area contributed by atoms with Gasteiger partial charge in [0.05, 0.1) is 12.7 Å². The van der Waals surface area contributed by atoms with Gasteiger partial charge < -0.3 is 9.15 Å². The molecule has 0 bridgehead atoms. The molecule has 0 radical (unpaired) electrons. The SMILES string of the molecule is CCCc1cc(-c2ccccc2)c(-c2ccc(OC)cc2)c(=O)o1. The average Bonchev–Trinajstić information content (AvgIpc) is 2.62. The third-order valence-corrected chi connectivity index (χ3v) is 3.96. The van der Waals surface area contributed by atoms with E-state index in [2.05, 4.69) is 6.92 Å². The van der Waals surface area contributed by atoms with E-state index in [9.17, 15) is 4.79 Å². The lowest BCUT2D eigenvalue weighted by molar-refractivity contribution is 0.415. The fraction of sp³-hybridized carbons (Fsp3) is 0.190. The smallest absolute Gasteiger partial charge is 0.344 e. The minimum atomic E-state index is -0.301. The van der Waals surface area contributed by atoms with Crippen LogP contribution in [0.15, 0.2) is 69.9 Å². The number of hydrogen-bond acceptors (Lipinski definition) is 3. The third kappa shape index (κ3) is 3.25. The Morgan fingerprint density at radius 3 is 2.29 bits per heavy atom. The largest absolute Gasteiger partial charge is 0.497 e. The highest BCUT2D eigenvalue weighted by atomic mass is 16.5. The predicted octanol–water partition coefficient (Wildman–Crippen LogP) is 4.93. The molecule has 24 heavy (non-hydrogen) atoms. The van der Waals surface area contributed by atoms with Gasteiger partial charge in [-0.2, -0.15) is 0 Å². The first-order valence-corrected chi connectivity index (χ1v) is 8.09. The molecule has 0 aliphatic heterocycles. The zero-order chi connectivity index (χ0) is 16.9. The summed E-state index contributed by atoms with van der Waals surface area (Å²) in [6.45, 7) is 2.07. The first-order valence-electron chi connectivity index (χ1n) is 8.09. The van der Waals surface area contributed by atoms with Crippen LogP contribution < -0.4 is 10.4 Å². The van der Waals surface area contributed by atoms with Crippen LogP contribution in [0.4, 0.5) is 0 Å². The van der Waals surface area contributed by atoms with Crippen molar-refractivity contribution in [3.63, 3.8) is 0 Å². The number of aryl methyl sites for hydroxylation is 1. The number of benzene rings is 2. The third-order valence-electron chi connectivity index (χ3n) is 3.96. The van der Waals surface area contributed by atoms with Gasteiger partial charge >= 0.3 is 5.63 Å². The normalized spacial score (nSPS) is 10.6. The Bertz CT molecular complexity index is 862. The summed E-state index contributed by atoms with van der Waals surface area (Å²) >= 11 is 0. The van der Waals surface area contributed by atoms with Crippen molar-refractivity contribution in [2.24, 2.45) is 0 Å². The van der Waals surface area contributed by atoms with Crippen LogP contribution in [-0.4, -0.2) is 7.11 Å². The van der Waals surface area contributed by atoms with Crippen LogP contribution in [0, 0.1) is 0 Å². The van der Waals surface area contributed by atoms with Crippen molar-refractivity contribution >= 4 is 0 Å². The van der Waals surface area contributed by atoms with E-state index in [4.69, 9.17) is 9.15 Å². The maximum Gasteiger partial charge on any atom is 0.344 e. The topological polar surface area (TPSA) is 39.4 Å². The molecule has 0 spiro atoms. The maximum atomic E-state index is 12.7. The summed E-state index contributed by atoms with van der Waals surface area (Å²) in [6, 6.07) is 19.4. The Morgan fingerprint density at radius 2 is 1.67 bits per heavy atom. The molecule has 3 aromatic rings. The number of rotatable bonds is 5. The monoisotopic (exact) mass is 320 g/mol. The second kappa shape index (κ2) is 7.18. The molecule has 0 atom stereocenters. The summed E-state index contributed by atoms with van der Waals surface area (Å²) < 4.78 is 10.7. The molecule has 0 fully saturated rings. The Kier molecular flexibility index (Phi) is 4.80. The molecule has 0 aliphatic carbocycles. The highest BCUT2D eigenvalue weighted by molar-refractivity contribution is 5.82. The summed E-state index contributed by atoms with van der Waals surface area (Å²) in [4.78, 5) is 12.7. The van der Waals surface area contributed by atoms with Crippen molar-refractivity contribution in [1.29, 1.82) is 0 Å². The Hall–Kier alpha value is -2.81. The summed E-state index contributed by atoms with van der Waals surface area (Å²) in [5.41, 5.74) is 3.02. The summed E-state index contributed by atoms with van der Waals surface area (Å²) in [6.07, 6.45) is 1.68. The lowest BCUT2D eigenvalue weighted by atomic mass is 9.95. The van der Waals surface area contributed by atoms with Crippen molar-refractivity contribution in [2.75, 3.05) is 7.11 Å². The number of ether oxygens (including phenoxy) is 1. The number of methoxy groups -OCH3 is 1. The lowest BCUT2D eigenvalue weighted by Gasteiger charge is -2.11. The van der Waals surface area contributed by atoms with Crippen LogP contribution >= 0.6 is 0 Å².